The normalized spacial score (nSPS) is 14.9. The van der Waals surface area contributed by atoms with Crippen molar-refractivity contribution in [3.63, 3.8) is 0 Å². The van der Waals surface area contributed by atoms with Crippen molar-refractivity contribution in [3.05, 3.63) is 62.1 Å². The molecule has 3 rings (SSSR count). The van der Waals surface area contributed by atoms with Gasteiger partial charge in [0, 0.05) is 37.3 Å². The molecule has 1 atom stereocenters. The zero-order valence-electron chi connectivity index (χ0n) is 18.1. The molecule has 1 aliphatic heterocycles. The Morgan fingerprint density at radius 1 is 1.17 bits per heavy atom. The van der Waals surface area contributed by atoms with Gasteiger partial charge in [-0.25, -0.2) is 0 Å². The average molecular weight is 551 g/mol. The van der Waals surface area contributed by atoms with Gasteiger partial charge in [0.15, 0.2) is 11.2 Å². The van der Waals surface area contributed by atoms with Crippen molar-refractivity contribution in [1.29, 1.82) is 0 Å². The Morgan fingerprint density at radius 3 is 2.40 bits per heavy atom. The highest BCUT2D eigenvalue weighted by Gasteiger charge is 2.34. The van der Waals surface area contributed by atoms with Gasteiger partial charge < -0.3 is 14.5 Å². The van der Waals surface area contributed by atoms with Crippen LogP contribution in [0.2, 0.25) is 10.0 Å². The lowest BCUT2D eigenvalue weighted by molar-refractivity contribution is -0.384. The van der Waals surface area contributed by atoms with Gasteiger partial charge in [-0.1, -0.05) is 23.2 Å². The molecule has 2 aromatic rings. The number of hydrogen-bond donors (Lipinski definition) is 1. The van der Waals surface area contributed by atoms with Crippen LogP contribution in [-0.2, 0) is 11.0 Å². The number of piperazine rings is 1. The molecule has 1 N–H and O–H groups in total. The Bertz CT molecular complexity index is 1140. The number of nitrogens with one attached hydrogen (secondary N) is 1. The van der Waals surface area contributed by atoms with E-state index in [1.54, 1.807) is 15.9 Å². The van der Waals surface area contributed by atoms with Gasteiger partial charge in [0.1, 0.15) is 11.4 Å². The molecule has 1 saturated heterocycles. The highest BCUT2D eigenvalue weighted by Crippen LogP contribution is 2.36. The minimum absolute atomic E-state index is 0.0828. The number of benzene rings is 2. The molecule has 2 aromatic carbocycles. The highest BCUT2D eigenvalue weighted by molar-refractivity contribution is 7.80. The molecule has 8 nitrogen and oxygen atoms in total. The second kappa shape index (κ2) is 10.8. The van der Waals surface area contributed by atoms with E-state index in [1.165, 1.54) is 19.1 Å². The molecule has 188 valence electrons. The van der Waals surface area contributed by atoms with E-state index in [4.69, 9.17) is 40.2 Å². The number of ether oxygens (including phenoxy) is 1. The first kappa shape index (κ1) is 26.8. The summed E-state index contributed by atoms with van der Waals surface area (Å²) in [5.74, 6) is -0.238. The van der Waals surface area contributed by atoms with Crippen LogP contribution in [0, 0.1) is 10.1 Å². The number of carbonyl (C=O) groups is 1. The maximum Gasteiger partial charge on any atom is 0.416 e. The summed E-state index contributed by atoms with van der Waals surface area (Å²) < 4.78 is 44.4. The van der Waals surface area contributed by atoms with E-state index < -0.39 is 34.4 Å². The Labute approximate surface area is 213 Å². The molecule has 0 radical (unpaired) electrons. The fourth-order valence-electron chi connectivity index (χ4n) is 3.36. The monoisotopic (exact) mass is 550 g/mol. The van der Waals surface area contributed by atoms with E-state index in [2.05, 4.69) is 5.32 Å². The van der Waals surface area contributed by atoms with Crippen molar-refractivity contribution in [1.82, 2.24) is 10.2 Å². The fraction of sp³-hybridized carbons (Fsp3) is 0.333. The van der Waals surface area contributed by atoms with Crippen molar-refractivity contribution in [2.75, 3.05) is 31.1 Å². The van der Waals surface area contributed by atoms with E-state index in [1.807, 2.05) is 0 Å². The number of anilines is 1. The summed E-state index contributed by atoms with van der Waals surface area (Å²) in [6.07, 6.45) is -5.62. The third-order valence-electron chi connectivity index (χ3n) is 5.20. The number of nitro groups is 1. The SMILES string of the molecule is CC(Oc1ccc(Cl)cc1Cl)C(=O)NC(=S)N1CCN(c2ccc(C(F)(F)F)cc2[N+](=O)[O-])CC1. The summed E-state index contributed by atoms with van der Waals surface area (Å²) >= 11 is 17.2. The van der Waals surface area contributed by atoms with Crippen molar-refractivity contribution < 1.29 is 27.6 Å². The topological polar surface area (TPSA) is 88.0 Å². The maximum atomic E-state index is 13.0. The van der Waals surface area contributed by atoms with E-state index in [-0.39, 0.29) is 47.8 Å². The van der Waals surface area contributed by atoms with Gasteiger partial charge in [0.25, 0.3) is 11.6 Å². The third-order valence-corrected chi connectivity index (χ3v) is 6.09. The number of carbonyl (C=O) groups excluding carboxylic acids is 1. The number of nitro benzene ring substituents is 1. The van der Waals surface area contributed by atoms with Crippen molar-refractivity contribution in [2.45, 2.75) is 19.2 Å². The molecular formula is C21H19Cl2F3N4O4S. The Hall–Kier alpha value is -2.83. The first-order chi connectivity index (χ1) is 16.4. The minimum atomic E-state index is -4.69. The van der Waals surface area contributed by atoms with Gasteiger partial charge in [-0.3, -0.25) is 20.2 Å². The first-order valence-corrected chi connectivity index (χ1v) is 11.4. The number of thiocarbonyl (C=S) groups is 1. The second-order valence-electron chi connectivity index (χ2n) is 7.56. The minimum Gasteiger partial charge on any atom is -0.479 e. The molecule has 0 bridgehead atoms. The molecule has 35 heavy (non-hydrogen) atoms. The summed E-state index contributed by atoms with van der Waals surface area (Å²) in [4.78, 5) is 26.3. The van der Waals surface area contributed by atoms with Gasteiger partial charge >= 0.3 is 6.18 Å². The predicted molar refractivity (Wildman–Crippen MR) is 129 cm³/mol. The molecule has 1 amide bonds. The van der Waals surface area contributed by atoms with Gasteiger partial charge in [-0.15, -0.1) is 0 Å². The quantitative estimate of drug-likeness (QED) is 0.321. The lowest BCUT2D eigenvalue weighted by Gasteiger charge is -2.37. The lowest BCUT2D eigenvalue weighted by Crippen LogP contribution is -2.54. The van der Waals surface area contributed by atoms with Crippen LogP contribution in [0.25, 0.3) is 0 Å². The average Bonchev–Trinajstić information content (AvgIpc) is 2.79. The Kier molecular flexibility index (Phi) is 8.29. The van der Waals surface area contributed by atoms with Crippen LogP contribution in [0.1, 0.15) is 12.5 Å². The molecule has 1 unspecified atom stereocenters. The zero-order chi connectivity index (χ0) is 25.9. The highest BCUT2D eigenvalue weighted by atomic mass is 35.5. The largest absolute Gasteiger partial charge is 0.479 e. The van der Waals surface area contributed by atoms with Gasteiger partial charge in [0.2, 0.25) is 0 Å². The lowest BCUT2D eigenvalue weighted by atomic mass is 10.1. The van der Waals surface area contributed by atoms with Gasteiger partial charge in [0.05, 0.1) is 15.5 Å². The molecule has 0 saturated carbocycles. The molecule has 14 heteroatoms. The van der Waals surface area contributed by atoms with E-state index in [0.717, 1.165) is 12.1 Å². The first-order valence-electron chi connectivity index (χ1n) is 10.2. The summed E-state index contributed by atoms with van der Waals surface area (Å²) in [6.45, 7) is 2.58. The van der Waals surface area contributed by atoms with Crippen LogP contribution in [0.3, 0.4) is 0 Å². The fourth-order valence-corrected chi connectivity index (χ4v) is 4.10. The van der Waals surface area contributed by atoms with E-state index in [0.29, 0.717) is 11.1 Å². The Morgan fingerprint density at radius 2 is 1.83 bits per heavy atom. The predicted octanol–water partition coefficient (Wildman–Crippen LogP) is 4.91. The molecule has 0 spiro atoms. The molecule has 1 heterocycles. The smallest absolute Gasteiger partial charge is 0.416 e. The second-order valence-corrected chi connectivity index (χ2v) is 8.79. The van der Waals surface area contributed by atoms with Gasteiger partial charge in [-0.05, 0) is 49.5 Å². The van der Waals surface area contributed by atoms with Crippen LogP contribution >= 0.6 is 35.4 Å². The van der Waals surface area contributed by atoms with Gasteiger partial charge in [-0.2, -0.15) is 13.2 Å². The van der Waals surface area contributed by atoms with Crippen LogP contribution in [0.4, 0.5) is 24.5 Å². The maximum absolute atomic E-state index is 13.0. The van der Waals surface area contributed by atoms with Crippen molar-refractivity contribution >= 4 is 57.8 Å². The van der Waals surface area contributed by atoms with Crippen molar-refractivity contribution in [2.24, 2.45) is 0 Å². The molecule has 0 aliphatic carbocycles. The van der Waals surface area contributed by atoms with Crippen LogP contribution in [0.5, 0.6) is 5.75 Å². The van der Waals surface area contributed by atoms with E-state index >= 15 is 0 Å². The third kappa shape index (κ3) is 6.65. The number of halogens is 5. The summed E-state index contributed by atoms with van der Waals surface area (Å²) in [5, 5.41) is 14.8. The number of nitrogens with zero attached hydrogens (tertiary/aromatic N) is 3. The summed E-state index contributed by atoms with van der Waals surface area (Å²) in [6, 6.07) is 7.02. The Balaban J connectivity index is 1.59. The van der Waals surface area contributed by atoms with Crippen molar-refractivity contribution in [3.8, 4) is 5.75 Å². The molecule has 1 aliphatic rings. The molecular weight excluding hydrogens is 532 g/mol. The number of amides is 1. The molecule has 0 aromatic heterocycles. The van der Waals surface area contributed by atoms with Crippen LogP contribution in [0.15, 0.2) is 36.4 Å². The summed E-state index contributed by atoms with van der Waals surface area (Å²) in [5.41, 5.74) is -1.64. The van der Waals surface area contributed by atoms with E-state index in [9.17, 15) is 28.1 Å². The number of hydrogen-bond acceptors (Lipinski definition) is 6. The number of alkyl halides is 3. The number of rotatable bonds is 5. The standard InChI is InChI=1S/C21H19Cl2F3N4O4S/c1-12(34-18-5-3-14(22)11-15(18)23)19(31)27-20(35)29-8-6-28(7-9-29)16-4-2-13(21(24,25)26)10-17(16)30(32)33/h2-5,10-12H,6-9H2,1H3,(H,27,31,35). The zero-order valence-corrected chi connectivity index (χ0v) is 20.5. The van der Waals surface area contributed by atoms with Crippen LogP contribution in [-0.4, -0.2) is 53.1 Å². The van der Waals surface area contributed by atoms with Crippen LogP contribution < -0.4 is 15.0 Å². The molecule has 1 fully saturated rings. The summed E-state index contributed by atoms with van der Waals surface area (Å²) in [7, 11) is 0.